The Labute approximate surface area is 362 Å². The van der Waals surface area contributed by atoms with Crippen molar-refractivity contribution in [3.63, 3.8) is 0 Å². The highest BCUT2D eigenvalue weighted by atomic mass is 16.5. The molecule has 0 saturated carbocycles. The Balaban J connectivity index is 1.11. The fourth-order valence-corrected chi connectivity index (χ4v) is 11.0. The Morgan fingerprint density at radius 1 is 0.532 bits per heavy atom. The third-order valence-corrected chi connectivity index (χ3v) is 13.9. The number of hydrogen-bond donors (Lipinski definition) is 0. The highest BCUT2D eigenvalue weighted by Crippen LogP contribution is 2.61. The molecular weight excluding hydrogens is 755 g/mol. The van der Waals surface area contributed by atoms with Crippen molar-refractivity contribution in [2.45, 2.75) is 43.6 Å². The lowest BCUT2D eigenvalue weighted by Gasteiger charge is -2.39. The molecule has 1 aromatic heterocycles. The van der Waals surface area contributed by atoms with Gasteiger partial charge in [0.1, 0.15) is 18.2 Å². The molecule has 1 spiro atoms. The molecule has 0 bridgehead atoms. The van der Waals surface area contributed by atoms with Crippen LogP contribution in [0.1, 0.15) is 76.5 Å². The van der Waals surface area contributed by atoms with E-state index < -0.39 is 5.41 Å². The van der Waals surface area contributed by atoms with Crippen LogP contribution in [0.25, 0.3) is 56.2 Å². The maximum absolute atomic E-state index is 6.86. The summed E-state index contributed by atoms with van der Waals surface area (Å²) in [6.07, 6.45) is 7.37. The quantitative estimate of drug-likeness (QED) is 0.178. The number of allylic oxidation sites excluding steroid dienone is 5. The third-order valence-electron chi connectivity index (χ3n) is 13.9. The van der Waals surface area contributed by atoms with Gasteiger partial charge in [0, 0.05) is 33.6 Å². The monoisotopic (exact) mass is 797 g/mol. The number of aromatic nitrogens is 3. The molecule has 4 nitrogen and oxygen atoms in total. The Bertz CT molecular complexity index is 3180. The van der Waals surface area contributed by atoms with Crippen LogP contribution in [-0.4, -0.2) is 15.0 Å². The third kappa shape index (κ3) is 5.23. The number of para-hydroxylation sites is 1. The summed E-state index contributed by atoms with van der Waals surface area (Å²) >= 11 is 0. The zero-order chi connectivity index (χ0) is 41.6. The van der Waals surface area contributed by atoms with Gasteiger partial charge in [-0.3, -0.25) is 0 Å². The van der Waals surface area contributed by atoms with E-state index in [9.17, 15) is 0 Å². The van der Waals surface area contributed by atoms with Crippen LogP contribution in [0.5, 0.6) is 5.75 Å². The summed E-state index contributed by atoms with van der Waals surface area (Å²) in [6, 6.07) is 58.7. The number of nitrogens with zero attached hydrogens (tertiary/aromatic N) is 3. The van der Waals surface area contributed by atoms with Gasteiger partial charge in [0.05, 0.1) is 5.41 Å². The van der Waals surface area contributed by atoms with Crippen LogP contribution in [0, 0.1) is 0 Å². The summed E-state index contributed by atoms with van der Waals surface area (Å²) in [5.74, 6) is 2.77. The average Bonchev–Trinajstić information content (AvgIpc) is 3.76. The van der Waals surface area contributed by atoms with Gasteiger partial charge in [0.2, 0.25) is 0 Å². The number of fused-ring (bicyclic) bond motifs is 11. The van der Waals surface area contributed by atoms with E-state index in [2.05, 4.69) is 190 Å². The van der Waals surface area contributed by atoms with Crippen LogP contribution in [0.4, 0.5) is 0 Å². The van der Waals surface area contributed by atoms with E-state index in [1.807, 2.05) is 6.07 Å². The first kappa shape index (κ1) is 36.4. The molecule has 3 aliphatic carbocycles. The second-order valence-corrected chi connectivity index (χ2v) is 17.4. The molecule has 7 aromatic carbocycles. The first-order valence-corrected chi connectivity index (χ1v) is 21.6. The smallest absolute Gasteiger partial charge is 0.164 e. The van der Waals surface area contributed by atoms with Crippen LogP contribution in [0.2, 0.25) is 0 Å². The number of benzene rings is 7. The Morgan fingerprint density at radius 2 is 1.13 bits per heavy atom. The minimum atomic E-state index is -0.699. The molecule has 2 heterocycles. The SMILES string of the molecule is C=C1c2ccccc2OCc2c(-c3nc(-c4ccc5c(c4)C(C)(C)c4ccccc4-5)nc(C4CC=CC=C4c4ccccc4)n3)cccc2C12c1ccccc1-c1ccccc12. The number of ether oxygens (including phenoxy) is 1. The van der Waals surface area contributed by atoms with Crippen LogP contribution in [0.15, 0.2) is 189 Å². The van der Waals surface area contributed by atoms with Crippen molar-refractivity contribution in [2.24, 2.45) is 0 Å². The molecule has 62 heavy (non-hydrogen) atoms. The van der Waals surface area contributed by atoms with Crippen molar-refractivity contribution in [1.82, 2.24) is 15.0 Å². The van der Waals surface area contributed by atoms with Gasteiger partial charge in [0.25, 0.3) is 0 Å². The molecule has 1 atom stereocenters. The number of rotatable bonds is 4. The molecule has 0 N–H and O–H groups in total. The zero-order valence-electron chi connectivity index (χ0n) is 34.8. The lowest BCUT2D eigenvalue weighted by Crippen LogP contribution is -2.32. The van der Waals surface area contributed by atoms with E-state index in [-0.39, 0.29) is 11.3 Å². The van der Waals surface area contributed by atoms with Gasteiger partial charge in [-0.05, 0) is 85.3 Å². The van der Waals surface area contributed by atoms with Gasteiger partial charge in [-0.1, -0.05) is 190 Å². The maximum atomic E-state index is 6.86. The second kappa shape index (κ2) is 13.8. The van der Waals surface area contributed by atoms with Crippen molar-refractivity contribution >= 4 is 11.1 Å². The highest BCUT2D eigenvalue weighted by molar-refractivity contribution is 5.97. The molecule has 1 unspecified atom stereocenters. The van der Waals surface area contributed by atoms with Gasteiger partial charge in [-0.25, -0.2) is 15.0 Å². The molecule has 0 radical (unpaired) electrons. The maximum Gasteiger partial charge on any atom is 0.164 e. The van der Waals surface area contributed by atoms with Crippen molar-refractivity contribution in [3.8, 4) is 50.8 Å². The first-order chi connectivity index (χ1) is 30.4. The molecule has 0 saturated heterocycles. The second-order valence-electron chi connectivity index (χ2n) is 17.4. The Hall–Kier alpha value is -7.43. The molecule has 12 rings (SSSR count). The normalized spacial score (nSPS) is 17.0. The van der Waals surface area contributed by atoms with Crippen LogP contribution >= 0.6 is 0 Å². The lowest BCUT2D eigenvalue weighted by atomic mass is 9.64. The largest absolute Gasteiger partial charge is 0.488 e. The van der Waals surface area contributed by atoms with Crippen molar-refractivity contribution in [2.75, 3.05) is 0 Å². The fraction of sp³-hybridized carbons (Fsp3) is 0.121. The summed E-state index contributed by atoms with van der Waals surface area (Å²) in [6.45, 7) is 9.94. The fourth-order valence-electron chi connectivity index (χ4n) is 11.0. The predicted molar refractivity (Wildman–Crippen MR) is 251 cm³/mol. The Kier molecular flexibility index (Phi) is 8.11. The first-order valence-electron chi connectivity index (χ1n) is 21.6. The molecule has 4 heteroatoms. The molecule has 0 fully saturated rings. The van der Waals surface area contributed by atoms with Crippen molar-refractivity contribution < 1.29 is 4.74 Å². The lowest BCUT2D eigenvalue weighted by molar-refractivity contribution is 0.301. The molecule has 296 valence electrons. The summed E-state index contributed by atoms with van der Waals surface area (Å²) in [7, 11) is 0. The molecule has 0 amide bonds. The van der Waals surface area contributed by atoms with E-state index in [1.165, 1.54) is 55.6 Å². The summed E-state index contributed by atoms with van der Waals surface area (Å²) in [4.78, 5) is 16.4. The number of hydrogen-bond acceptors (Lipinski definition) is 4. The van der Waals surface area contributed by atoms with E-state index in [0.717, 1.165) is 51.4 Å². The van der Waals surface area contributed by atoms with E-state index in [1.54, 1.807) is 0 Å². The van der Waals surface area contributed by atoms with Gasteiger partial charge >= 0.3 is 0 Å². The van der Waals surface area contributed by atoms with Gasteiger partial charge in [0.15, 0.2) is 11.6 Å². The van der Waals surface area contributed by atoms with Crippen LogP contribution in [-0.2, 0) is 17.4 Å². The minimum absolute atomic E-state index is 0.0774. The molecule has 1 aliphatic heterocycles. The summed E-state index contributed by atoms with van der Waals surface area (Å²) < 4.78 is 6.86. The van der Waals surface area contributed by atoms with Gasteiger partial charge in [-0.15, -0.1) is 0 Å². The predicted octanol–water partition coefficient (Wildman–Crippen LogP) is 13.6. The highest BCUT2D eigenvalue weighted by Gasteiger charge is 2.49. The standard InChI is InChI=1S/C58H43N3O/c1-36-39-20-12-16-31-53(39)62-35-47-46(26-17-30-51(47)58(36)49-28-14-10-23-42(49)43-24-11-15-29-50(43)58)56-60-54(38-32-33-44-41-22-9-13-27-48(41)57(2,3)52(44)34-38)59-55(61-56)45-25-8-7-21-40(45)37-18-5-4-6-19-37/h4-24,26-34,45H,1,25,35H2,2-3H3. The summed E-state index contributed by atoms with van der Waals surface area (Å²) in [5.41, 5.74) is 17.6. The van der Waals surface area contributed by atoms with Crippen LogP contribution < -0.4 is 4.74 Å². The molecule has 8 aromatic rings. The molecular formula is C58H43N3O. The zero-order valence-corrected chi connectivity index (χ0v) is 34.8. The van der Waals surface area contributed by atoms with E-state index in [4.69, 9.17) is 26.3 Å². The van der Waals surface area contributed by atoms with E-state index >= 15 is 0 Å². The van der Waals surface area contributed by atoms with Crippen LogP contribution in [0.3, 0.4) is 0 Å². The van der Waals surface area contributed by atoms with Gasteiger partial charge in [-0.2, -0.15) is 0 Å². The van der Waals surface area contributed by atoms with Crippen molar-refractivity contribution in [3.05, 3.63) is 239 Å². The Morgan fingerprint density at radius 3 is 1.89 bits per heavy atom. The topological polar surface area (TPSA) is 47.9 Å². The van der Waals surface area contributed by atoms with Crippen molar-refractivity contribution in [1.29, 1.82) is 0 Å². The molecule has 4 aliphatic rings. The van der Waals surface area contributed by atoms with Gasteiger partial charge < -0.3 is 4.74 Å². The minimum Gasteiger partial charge on any atom is -0.488 e. The average molecular weight is 798 g/mol. The summed E-state index contributed by atoms with van der Waals surface area (Å²) in [5, 5.41) is 0. The van der Waals surface area contributed by atoms with E-state index in [0.29, 0.717) is 18.3 Å².